The number of hydrogen-bond acceptors (Lipinski definition) is 7. The first-order chi connectivity index (χ1) is 10.9. The SMILES string of the molecule is COC(=O)CCc1c(COC(C)=O)[nH]c(C=O)c1CC(=O)OC. The summed E-state index contributed by atoms with van der Waals surface area (Å²) in [7, 11) is 2.51. The van der Waals surface area contributed by atoms with Gasteiger partial charge in [0.05, 0.1) is 32.0 Å². The number of rotatable bonds is 8. The van der Waals surface area contributed by atoms with Crippen LogP contribution in [0.1, 0.15) is 40.7 Å². The lowest BCUT2D eigenvalue weighted by atomic mass is 10.0. The molecule has 1 N–H and O–H groups in total. The lowest BCUT2D eigenvalue weighted by molar-refractivity contribution is -0.143. The molecule has 1 aromatic rings. The van der Waals surface area contributed by atoms with Gasteiger partial charge in [0.2, 0.25) is 0 Å². The first-order valence-electron chi connectivity index (χ1n) is 6.87. The molecule has 126 valence electrons. The normalized spacial score (nSPS) is 10.0. The highest BCUT2D eigenvalue weighted by Gasteiger charge is 2.21. The third-order valence-electron chi connectivity index (χ3n) is 3.23. The molecule has 8 nitrogen and oxygen atoms in total. The number of nitrogens with one attached hydrogen (secondary N) is 1. The van der Waals surface area contributed by atoms with Gasteiger partial charge >= 0.3 is 17.9 Å². The third kappa shape index (κ3) is 5.24. The molecule has 0 aliphatic carbocycles. The van der Waals surface area contributed by atoms with Crippen molar-refractivity contribution in [1.82, 2.24) is 4.98 Å². The van der Waals surface area contributed by atoms with Crippen LogP contribution in [0, 0.1) is 0 Å². The number of hydrogen-bond donors (Lipinski definition) is 1. The van der Waals surface area contributed by atoms with Gasteiger partial charge < -0.3 is 19.2 Å². The van der Waals surface area contributed by atoms with Gasteiger partial charge in [-0.3, -0.25) is 19.2 Å². The highest BCUT2D eigenvalue weighted by Crippen LogP contribution is 2.22. The number of aldehydes is 1. The number of H-pyrrole nitrogens is 1. The Bertz CT molecular complexity index is 603. The van der Waals surface area contributed by atoms with Crippen molar-refractivity contribution < 1.29 is 33.4 Å². The van der Waals surface area contributed by atoms with E-state index in [1.165, 1.54) is 21.1 Å². The van der Waals surface area contributed by atoms with Gasteiger partial charge in [-0.05, 0) is 17.5 Å². The summed E-state index contributed by atoms with van der Waals surface area (Å²) in [5, 5.41) is 0. The number of carbonyl (C=O) groups excluding carboxylic acids is 4. The fourth-order valence-electron chi connectivity index (χ4n) is 2.11. The molecule has 1 aromatic heterocycles. The quantitative estimate of drug-likeness (QED) is 0.425. The maximum atomic E-state index is 11.5. The Labute approximate surface area is 133 Å². The standard InChI is InChI=1S/C15H19NO7/c1-9(18)23-8-13-10(4-5-14(19)21-2)11(6-15(20)22-3)12(7-17)16-13/h7,16H,4-6,8H2,1-3H3. The van der Waals surface area contributed by atoms with Crippen LogP contribution in [0.15, 0.2) is 0 Å². The number of aromatic amines is 1. The molecule has 0 atom stereocenters. The molecule has 0 radical (unpaired) electrons. The van der Waals surface area contributed by atoms with Crippen LogP contribution in [-0.4, -0.2) is 43.4 Å². The topological polar surface area (TPSA) is 112 Å². The van der Waals surface area contributed by atoms with Crippen molar-refractivity contribution in [1.29, 1.82) is 0 Å². The zero-order valence-electron chi connectivity index (χ0n) is 13.3. The summed E-state index contributed by atoms with van der Waals surface area (Å²) in [6.45, 7) is 1.17. The van der Waals surface area contributed by atoms with Gasteiger partial charge in [0, 0.05) is 13.3 Å². The second-order valence-corrected chi connectivity index (χ2v) is 4.70. The van der Waals surface area contributed by atoms with Crippen LogP contribution in [0.2, 0.25) is 0 Å². The van der Waals surface area contributed by atoms with Gasteiger partial charge in [-0.25, -0.2) is 0 Å². The zero-order chi connectivity index (χ0) is 17.4. The van der Waals surface area contributed by atoms with Crippen molar-refractivity contribution in [3.8, 4) is 0 Å². The predicted octanol–water partition coefficient (Wildman–Crippen LogP) is 0.711. The fourth-order valence-corrected chi connectivity index (χ4v) is 2.11. The summed E-state index contributed by atoms with van der Waals surface area (Å²) in [5.74, 6) is -1.44. The number of carbonyl (C=O) groups is 4. The van der Waals surface area contributed by atoms with Gasteiger partial charge in [-0.1, -0.05) is 0 Å². The fraction of sp³-hybridized carbons (Fsp3) is 0.467. The number of esters is 3. The molecule has 0 aliphatic heterocycles. The number of aromatic nitrogens is 1. The number of methoxy groups -OCH3 is 2. The van der Waals surface area contributed by atoms with Crippen LogP contribution in [0.5, 0.6) is 0 Å². The van der Waals surface area contributed by atoms with Crippen molar-refractivity contribution >= 4 is 24.2 Å². The first kappa shape index (κ1) is 18.4. The second-order valence-electron chi connectivity index (χ2n) is 4.70. The highest BCUT2D eigenvalue weighted by molar-refractivity contribution is 5.82. The minimum Gasteiger partial charge on any atom is -0.469 e. The highest BCUT2D eigenvalue weighted by atomic mass is 16.5. The van der Waals surface area contributed by atoms with E-state index in [1.54, 1.807) is 0 Å². The lowest BCUT2D eigenvalue weighted by Gasteiger charge is -2.07. The van der Waals surface area contributed by atoms with E-state index in [1.807, 2.05) is 0 Å². The lowest BCUT2D eigenvalue weighted by Crippen LogP contribution is -2.10. The molecule has 0 bridgehead atoms. The Morgan fingerprint density at radius 3 is 2.26 bits per heavy atom. The van der Waals surface area contributed by atoms with Gasteiger partial charge in [0.25, 0.3) is 0 Å². The Morgan fingerprint density at radius 2 is 1.74 bits per heavy atom. The summed E-state index contributed by atoms with van der Waals surface area (Å²) < 4.78 is 14.1. The smallest absolute Gasteiger partial charge is 0.310 e. The van der Waals surface area contributed by atoms with E-state index in [9.17, 15) is 19.2 Å². The summed E-state index contributed by atoms with van der Waals surface area (Å²) in [4.78, 5) is 47.9. The summed E-state index contributed by atoms with van der Waals surface area (Å²) >= 11 is 0. The third-order valence-corrected chi connectivity index (χ3v) is 3.23. The van der Waals surface area contributed by atoms with E-state index in [2.05, 4.69) is 14.5 Å². The van der Waals surface area contributed by atoms with Crippen LogP contribution < -0.4 is 0 Å². The van der Waals surface area contributed by atoms with E-state index < -0.39 is 17.9 Å². The average molecular weight is 325 g/mol. The molecule has 1 rings (SSSR count). The largest absolute Gasteiger partial charge is 0.469 e. The van der Waals surface area contributed by atoms with Crippen molar-refractivity contribution in [3.63, 3.8) is 0 Å². The Morgan fingerprint density at radius 1 is 1.09 bits per heavy atom. The maximum absolute atomic E-state index is 11.5. The van der Waals surface area contributed by atoms with Crippen LogP contribution in [0.3, 0.4) is 0 Å². The predicted molar refractivity (Wildman–Crippen MR) is 77.7 cm³/mol. The molecular weight excluding hydrogens is 306 g/mol. The molecule has 0 saturated heterocycles. The monoisotopic (exact) mass is 325 g/mol. The van der Waals surface area contributed by atoms with E-state index >= 15 is 0 Å². The first-order valence-corrected chi connectivity index (χ1v) is 6.87. The average Bonchev–Trinajstić information content (AvgIpc) is 2.87. The van der Waals surface area contributed by atoms with Crippen molar-refractivity contribution in [2.24, 2.45) is 0 Å². The van der Waals surface area contributed by atoms with Crippen molar-refractivity contribution in [2.45, 2.75) is 32.8 Å². The molecule has 0 aliphatic rings. The second kappa shape index (κ2) is 8.72. The molecule has 0 saturated carbocycles. The van der Waals surface area contributed by atoms with E-state index in [4.69, 9.17) is 4.74 Å². The summed E-state index contributed by atoms with van der Waals surface area (Å²) in [6.07, 6.45) is 0.739. The Kier molecular flexibility index (Phi) is 6.98. The van der Waals surface area contributed by atoms with Crippen LogP contribution in [0.25, 0.3) is 0 Å². The molecule has 23 heavy (non-hydrogen) atoms. The molecule has 0 fully saturated rings. The van der Waals surface area contributed by atoms with Crippen LogP contribution in [0.4, 0.5) is 0 Å². The summed E-state index contributed by atoms with van der Waals surface area (Å²) in [5.41, 5.74) is 1.66. The van der Waals surface area contributed by atoms with E-state index in [-0.39, 0.29) is 31.6 Å². The molecule has 8 heteroatoms. The van der Waals surface area contributed by atoms with E-state index in [0.717, 1.165) is 0 Å². The van der Waals surface area contributed by atoms with Crippen LogP contribution >= 0.6 is 0 Å². The molecule has 1 heterocycles. The maximum Gasteiger partial charge on any atom is 0.310 e. The molecule has 0 spiro atoms. The van der Waals surface area contributed by atoms with Gasteiger partial charge in [-0.2, -0.15) is 0 Å². The van der Waals surface area contributed by atoms with Gasteiger partial charge in [-0.15, -0.1) is 0 Å². The van der Waals surface area contributed by atoms with Gasteiger partial charge in [0.15, 0.2) is 6.29 Å². The van der Waals surface area contributed by atoms with E-state index in [0.29, 0.717) is 23.1 Å². The molecule has 0 aromatic carbocycles. The Hall–Kier alpha value is -2.64. The Balaban J connectivity index is 3.15. The summed E-state index contributed by atoms with van der Waals surface area (Å²) in [6, 6.07) is 0. The van der Waals surface area contributed by atoms with Crippen molar-refractivity contribution in [2.75, 3.05) is 14.2 Å². The molecule has 0 amide bonds. The van der Waals surface area contributed by atoms with Gasteiger partial charge in [0.1, 0.15) is 6.61 Å². The van der Waals surface area contributed by atoms with Crippen LogP contribution in [-0.2, 0) is 48.0 Å². The minimum atomic E-state index is -0.523. The zero-order valence-corrected chi connectivity index (χ0v) is 13.3. The molecule has 0 unspecified atom stereocenters. The number of ether oxygens (including phenoxy) is 3. The minimum absolute atomic E-state index is 0.0634. The molecular formula is C15H19NO7. The van der Waals surface area contributed by atoms with Crippen molar-refractivity contribution in [3.05, 3.63) is 22.5 Å².